The van der Waals surface area contributed by atoms with Gasteiger partial charge in [-0.2, -0.15) is 0 Å². The SMILES string of the molecule is COC(=O)c1cc(N)cc(Cl)c1NC(C)CC1CC1. The lowest BCUT2D eigenvalue weighted by molar-refractivity contribution is 0.0602. The molecule has 1 fully saturated rings. The van der Waals surface area contributed by atoms with Crippen LogP contribution in [0.15, 0.2) is 12.1 Å². The van der Waals surface area contributed by atoms with Crippen LogP contribution < -0.4 is 11.1 Å². The molecule has 1 aromatic carbocycles. The number of anilines is 2. The molecule has 0 heterocycles. The second-order valence-corrected chi connectivity index (χ2v) is 5.55. The van der Waals surface area contributed by atoms with E-state index in [4.69, 9.17) is 22.1 Å². The van der Waals surface area contributed by atoms with E-state index in [0.29, 0.717) is 22.0 Å². The van der Waals surface area contributed by atoms with Crippen molar-refractivity contribution in [1.82, 2.24) is 0 Å². The number of benzene rings is 1. The zero-order valence-corrected chi connectivity index (χ0v) is 12.0. The molecule has 0 bridgehead atoms. The average molecular weight is 283 g/mol. The highest BCUT2D eigenvalue weighted by Crippen LogP contribution is 2.36. The van der Waals surface area contributed by atoms with E-state index in [0.717, 1.165) is 12.3 Å². The number of hydrogen-bond acceptors (Lipinski definition) is 4. The zero-order valence-electron chi connectivity index (χ0n) is 11.2. The molecule has 2 rings (SSSR count). The topological polar surface area (TPSA) is 64.3 Å². The number of nitrogens with one attached hydrogen (secondary N) is 1. The fraction of sp³-hybridized carbons (Fsp3) is 0.500. The van der Waals surface area contributed by atoms with Crippen LogP contribution in [-0.4, -0.2) is 19.1 Å². The van der Waals surface area contributed by atoms with Gasteiger partial charge in [0.1, 0.15) is 0 Å². The van der Waals surface area contributed by atoms with Crippen molar-refractivity contribution in [1.29, 1.82) is 0 Å². The normalized spacial score (nSPS) is 15.9. The van der Waals surface area contributed by atoms with Gasteiger partial charge in [-0.3, -0.25) is 0 Å². The molecule has 0 aliphatic heterocycles. The Bertz CT molecular complexity index is 487. The molecule has 19 heavy (non-hydrogen) atoms. The Morgan fingerprint density at radius 1 is 1.58 bits per heavy atom. The monoisotopic (exact) mass is 282 g/mol. The molecule has 1 unspecified atom stereocenters. The van der Waals surface area contributed by atoms with E-state index in [1.165, 1.54) is 20.0 Å². The van der Waals surface area contributed by atoms with Gasteiger partial charge in [0.25, 0.3) is 0 Å². The fourth-order valence-electron chi connectivity index (χ4n) is 2.20. The smallest absolute Gasteiger partial charge is 0.340 e. The van der Waals surface area contributed by atoms with Gasteiger partial charge in [-0.25, -0.2) is 4.79 Å². The average Bonchev–Trinajstić information content (AvgIpc) is 3.15. The molecule has 4 nitrogen and oxygen atoms in total. The summed E-state index contributed by atoms with van der Waals surface area (Å²) in [6.45, 7) is 2.09. The van der Waals surface area contributed by atoms with Crippen LogP contribution in [-0.2, 0) is 4.74 Å². The van der Waals surface area contributed by atoms with E-state index in [1.54, 1.807) is 12.1 Å². The molecule has 1 saturated carbocycles. The van der Waals surface area contributed by atoms with E-state index < -0.39 is 5.97 Å². The minimum atomic E-state index is -0.435. The first-order chi connectivity index (χ1) is 9.01. The van der Waals surface area contributed by atoms with Crippen molar-refractivity contribution in [3.63, 3.8) is 0 Å². The Morgan fingerprint density at radius 3 is 2.84 bits per heavy atom. The molecule has 5 heteroatoms. The summed E-state index contributed by atoms with van der Waals surface area (Å²) < 4.78 is 4.77. The number of esters is 1. The summed E-state index contributed by atoms with van der Waals surface area (Å²) in [4.78, 5) is 11.8. The molecule has 0 aromatic heterocycles. The molecule has 0 amide bonds. The van der Waals surface area contributed by atoms with Crippen molar-refractivity contribution in [3.8, 4) is 0 Å². The molecule has 1 aliphatic rings. The number of methoxy groups -OCH3 is 1. The van der Waals surface area contributed by atoms with Crippen LogP contribution in [0, 0.1) is 5.92 Å². The highest BCUT2D eigenvalue weighted by Gasteiger charge is 2.25. The summed E-state index contributed by atoms with van der Waals surface area (Å²) in [6.07, 6.45) is 3.68. The van der Waals surface area contributed by atoms with Gasteiger partial charge in [0.05, 0.1) is 23.4 Å². The van der Waals surface area contributed by atoms with Gasteiger partial charge in [0.15, 0.2) is 0 Å². The summed E-state index contributed by atoms with van der Waals surface area (Å²) in [6, 6.07) is 3.49. The van der Waals surface area contributed by atoms with Crippen molar-refractivity contribution >= 4 is 28.9 Å². The fourth-order valence-corrected chi connectivity index (χ4v) is 2.49. The van der Waals surface area contributed by atoms with Gasteiger partial charge in [0, 0.05) is 11.7 Å². The summed E-state index contributed by atoms with van der Waals surface area (Å²) in [7, 11) is 1.34. The van der Waals surface area contributed by atoms with Crippen LogP contribution in [0.25, 0.3) is 0 Å². The second-order valence-electron chi connectivity index (χ2n) is 5.14. The number of nitrogens with two attached hydrogens (primary N) is 1. The first-order valence-corrected chi connectivity index (χ1v) is 6.83. The van der Waals surface area contributed by atoms with Crippen LogP contribution in [0.3, 0.4) is 0 Å². The quantitative estimate of drug-likeness (QED) is 0.642. The van der Waals surface area contributed by atoms with E-state index in [9.17, 15) is 4.79 Å². The largest absolute Gasteiger partial charge is 0.465 e. The van der Waals surface area contributed by atoms with Crippen LogP contribution >= 0.6 is 11.6 Å². The molecule has 0 radical (unpaired) electrons. The predicted octanol–water partition coefficient (Wildman–Crippen LogP) is 3.31. The van der Waals surface area contributed by atoms with Gasteiger partial charge in [-0.15, -0.1) is 0 Å². The Hall–Kier alpha value is -1.42. The highest BCUT2D eigenvalue weighted by molar-refractivity contribution is 6.34. The Kier molecular flexibility index (Phi) is 4.20. The maximum Gasteiger partial charge on any atom is 0.340 e. The van der Waals surface area contributed by atoms with Crippen LogP contribution in [0.4, 0.5) is 11.4 Å². The first kappa shape index (κ1) is 14.0. The third-order valence-corrected chi connectivity index (χ3v) is 3.59. The van der Waals surface area contributed by atoms with E-state index >= 15 is 0 Å². The van der Waals surface area contributed by atoms with Crippen LogP contribution in [0.5, 0.6) is 0 Å². The maximum atomic E-state index is 11.8. The van der Waals surface area contributed by atoms with Gasteiger partial charge >= 0.3 is 5.97 Å². The minimum absolute atomic E-state index is 0.261. The van der Waals surface area contributed by atoms with Gasteiger partial charge < -0.3 is 15.8 Å². The van der Waals surface area contributed by atoms with E-state index in [2.05, 4.69) is 12.2 Å². The number of nitrogen functional groups attached to an aromatic ring is 1. The van der Waals surface area contributed by atoms with Crippen LogP contribution in [0.2, 0.25) is 5.02 Å². The Morgan fingerprint density at radius 2 is 2.26 bits per heavy atom. The number of halogens is 1. The number of rotatable bonds is 5. The van der Waals surface area contributed by atoms with Crippen molar-refractivity contribution in [2.75, 3.05) is 18.2 Å². The molecular formula is C14H19ClN2O2. The standard InChI is InChI=1S/C14H19ClN2O2/c1-8(5-9-3-4-9)17-13-11(14(18)19-2)6-10(16)7-12(13)15/h6-9,17H,3-5,16H2,1-2H3. The molecular weight excluding hydrogens is 264 g/mol. The van der Waals surface area contributed by atoms with Crippen molar-refractivity contribution in [2.45, 2.75) is 32.2 Å². The summed E-state index contributed by atoms with van der Waals surface area (Å²) in [5, 5.41) is 3.75. The van der Waals surface area contributed by atoms with Crippen molar-refractivity contribution in [3.05, 3.63) is 22.7 Å². The molecule has 1 aromatic rings. The maximum absolute atomic E-state index is 11.8. The first-order valence-electron chi connectivity index (χ1n) is 6.45. The predicted molar refractivity (Wildman–Crippen MR) is 77.6 cm³/mol. The molecule has 0 saturated heterocycles. The van der Waals surface area contributed by atoms with E-state index in [1.807, 2.05) is 0 Å². The summed E-state index contributed by atoms with van der Waals surface area (Å²) in [5.41, 5.74) is 7.16. The lowest BCUT2D eigenvalue weighted by atomic mass is 10.1. The van der Waals surface area contributed by atoms with Crippen molar-refractivity contribution in [2.24, 2.45) is 5.92 Å². The molecule has 104 valence electrons. The molecule has 3 N–H and O–H groups in total. The van der Waals surface area contributed by atoms with Crippen molar-refractivity contribution < 1.29 is 9.53 Å². The second kappa shape index (κ2) is 5.70. The van der Waals surface area contributed by atoms with Crippen LogP contribution in [0.1, 0.15) is 36.5 Å². The third-order valence-electron chi connectivity index (χ3n) is 3.29. The number of hydrogen-bond donors (Lipinski definition) is 2. The number of carbonyl (C=O) groups excluding carboxylic acids is 1. The number of carbonyl (C=O) groups is 1. The Labute approximate surface area is 118 Å². The molecule has 0 spiro atoms. The lowest BCUT2D eigenvalue weighted by Gasteiger charge is -2.19. The van der Waals surface area contributed by atoms with Gasteiger partial charge in [-0.05, 0) is 31.4 Å². The number of ether oxygens (including phenoxy) is 1. The minimum Gasteiger partial charge on any atom is -0.465 e. The zero-order chi connectivity index (χ0) is 14.0. The Balaban J connectivity index is 2.23. The third kappa shape index (κ3) is 3.53. The molecule has 1 aliphatic carbocycles. The molecule has 1 atom stereocenters. The highest BCUT2D eigenvalue weighted by atomic mass is 35.5. The van der Waals surface area contributed by atoms with Gasteiger partial charge in [0.2, 0.25) is 0 Å². The summed E-state index contributed by atoms with van der Waals surface area (Å²) >= 11 is 6.18. The van der Waals surface area contributed by atoms with E-state index in [-0.39, 0.29) is 6.04 Å². The lowest BCUT2D eigenvalue weighted by Crippen LogP contribution is -2.19. The van der Waals surface area contributed by atoms with Gasteiger partial charge in [-0.1, -0.05) is 24.4 Å². The summed E-state index contributed by atoms with van der Waals surface area (Å²) in [5.74, 6) is 0.368.